The van der Waals surface area contributed by atoms with Crippen molar-refractivity contribution in [2.24, 2.45) is 0 Å². The molecule has 0 heterocycles. The molecule has 0 saturated heterocycles. The summed E-state index contributed by atoms with van der Waals surface area (Å²) < 4.78 is 7.25. The van der Waals surface area contributed by atoms with Gasteiger partial charge in [0.2, 0.25) is 0 Å². The van der Waals surface area contributed by atoms with Gasteiger partial charge in [0.05, 0.1) is 0 Å². The van der Waals surface area contributed by atoms with Gasteiger partial charge in [-0.25, -0.2) is 0 Å². The molecule has 0 aliphatic rings. The van der Waals surface area contributed by atoms with Crippen molar-refractivity contribution in [2.75, 3.05) is 0 Å². The third kappa shape index (κ3) is 5.34. The Hall–Kier alpha value is 1.15. The third-order valence-electron chi connectivity index (χ3n) is 3.57. The molecule has 0 atom stereocenters. The predicted octanol–water partition coefficient (Wildman–Crippen LogP) is 4.47. The average Bonchev–Trinajstić information content (AvgIpc) is 2.16. The summed E-state index contributed by atoms with van der Waals surface area (Å²) in [6.45, 7) is 22.1. The van der Waals surface area contributed by atoms with E-state index in [1.807, 2.05) is 0 Å². The SMILES string of the molecule is C[CH2][Sn]([CH2]C)([CH2]C)[N](N[Si](C)(C)C)[Si](C)(C)C. The molecule has 0 aromatic heterocycles. The first kappa shape index (κ1) is 18.2. The van der Waals surface area contributed by atoms with E-state index in [4.69, 9.17) is 0 Å². The first-order valence-corrected chi connectivity index (χ1v) is 21.4. The van der Waals surface area contributed by atoms with Gasteiger partial charge in [0, 0.05) is 0 Å². The summed E-state index contributed by atoms with van der Waals surface area (Å²) in [6, 6.07) is 0. The number of nitrogens with one attached hydrogen (secondary N) is 1. The summed E-state index contributed by atoms with van der Waals surface area (Å²) in [5, 5.41) is 4.02. The Labute approximate surface area is 116 Å². The van der Waals surface area contributed by atoms with Crippen LogP contribution in [0.4, 0.5) is 0 Å². The van der Waals surface area contributed by atoms with Crippen molar-refractivity contribution in [1.82, 2.24) is 7.99 Å². The maximum absolute atomic E-state index is 4.02. The van der Waals surface area contributed by atoms with Crippen LogP contribution in [0.2, 0.25) is 52.6 Å². The molecule has 0 radical (unpaired) electrons. The van der Waals surface area contributed by atoms with Crippen molar-refractivity contribution in [3.05, 3.63) is 0 Å². The average molecular weight is 381 g/mol. The second-order valence-electron chi connectivity index (χ2n) is 7.15. The zero-order valence-electron chi connectivity index (χ0n) is 13.6. The molecule has 0 spiro atoms. The summed E-state index contributed by atoms with van der Waals surface area (Å²) in [6.07, 6.45) is 0. The number of hydrogen-bond donors (Lipinski definition) is 1. The zero-order valence-corrected chi connectivity index (χ0v) is 18.4. The fraction of sp³-hybridized carbons (Fsp3) is 1.00. The Kier molecular flexibility index (Phi) is 6.99. The van der Waals surface area contributed by atoms with Gasteiger partial charge < -0.3 is 0 Å². The quantitative estimate of drug-likeness (QED) is 0.517. The molecule has 0 aromatic rings. The van der Waals surface area contributed by atoms with Crippen LogP contribution >= 0.6 is 0 Å². The maximum atomic E-state index is 4.02. The second-order valence-corrected chi connectivity index (χ2v) is 32.3. The van der Waals surface area contributed by atoms with Crippen LogP contribution in [-0.2, 0) is 0 Å². The Balaban J connectivity index is 5.30. The van der Waals surface area contributed by atoms with Gasteiger partial charge >= 0.3 is 116 Å². The van der Waals surface area contributed by atoms with Crippen molar-refractivity contribution in [1.29, 1.82) is 0 Å². The zero-order chi connectivity index (χ0) is 13.9. The van der Waals surface area contributed by atoms with Crippen molar-refractivity contribution in [3.8, 4) is 0 Å². The molecule has 0 aromatic carbocycles. The Bertz CT molecular complexity index is 221. The normalized spacial score (nSPS) is 14.5. The van der Waals surface area contributed by atoms with Crippen LogP contribution in [0.25, 0.3) is 0 Å². The molecule has 2 nitrogen and oxygen atoms in total. The van der Waals surface area contributed by atoms with Crippen molar-refractivity contribution in [3.63, 3.8) is 0 Å². The van der Waals surface area contributed by atoms with Crippen LogP contribution in [0.15, 0.2) is 0 Å². The number of rotatable bonds is 7. The van der Waals surface area contributed by atoms with Crippen LogP contribution in [0, 0.1) is 0 Å². The molecule has 0 aliphatic carbocycles. The second kappa shape index (κ2) is 6.54. The van der Waals surface area contributed by atoms with Gasteiger partial charge in [-0.1, -0.05) is 0 Å². The van der Waals surface area contributed by atoms with E-state index >= 15 is 0 Å². The summed E-state index contributed by atoms with van der Waals surface area (Å²) in [4.78, 5) is 0. The third-order valence-corrected chi connectivity index (χ3v) is 30.0. The molecule has 1 N–H and O–H groups in total. The van der Waals surface area contributed by atoms with Gasteiger partial charge in [0.1, 0.15) is 0 Å². The molecule has 0 aliphatic heterocycles. The van der Waals surface area contributed by atoms with Crippen LogP contribution in [0.3, 0.4) is 0 Å². The molecule has 0 fully saturated rings. The van der Waals surface area contributed by atoms with E-state index in [0.717, 1.165) is 0 Å². The van der Waals surface area contributed by atoms with Crippen molar-refractivity contribution in [2.45, 2.75) is 73.4 Å². The molecular weight excluding hydrogens is 347 g/mol. The van der Waals surface area contributed by atoms with E-state index in [9.17, 15) is 0 Å². The van der Waals surface area contributed by atoms with E-state index in [-0.39, 0.29) is 0 Å². The number of hydrazine groups is 1. The summed E-state index contributed by atoms with van der Waals surface area (Å²) >= 11 is -2.11. The molecule has 17 heavy (non-hydrogen) atoms. The van der Waals surface area contributed by atoms with E-state index in [1.54, 1.807) is 0 Å². The van der Waals surface area contributed by atoms with Gasteiger partial charge in [-0.3, -0.25) is 0 Å². The minimum absolute atomic E-state index is 1.23. The molecule has 0 bridgehead atoms. The Morgan fingerprint density at radius 2 is 1.18 bits per heavy atom. The van der Waals surface area contributed by atoms with Crippen LogP contribution in [-0.4, -0.2) is 38.0 Å². The summed E-state index contributed by atoms with van der Waals surface area (Å²) in [7, 11) is -2.47. The standard InChI is InChI=1S/C6H19N2Si2.3C2H5.Sn/c1-9(2,3)7-8-10(4,5)6;3*1-2;/h7H,1-6H3;3*1H2,2H3;/q-1;;;;+1. The monoisotopic (exact) mass is 382 g/mol. The van der Waals surface area contributed by atoms with Gasteiger partial charge in [-0.15, -0.1) is 0 Å². The fourth-order valence-corrected chi connectivity index (χ4v) is 34.5. The number of nitrogens with zero attached hydrogens (tertiary/aromatic N) is 1. The van der Waals surface area contributed by atoms with Gasteiger partial charge in [0.25, 0.3) is 0 Å². The predicted molar refractivity (Wildman–Crippen MR) is 88.9 cm³/mol. The molecule has 0 unspecified atom stereocenters. The van der Waals surface area contributed by atoms with Gasteiger partial charge in [0.15, 0.2) is 0 Å². The Morgan fingerprint density at radius 1 is 0.824 bits per heavy atom. The first-order valence-electron chi connectivity index (χ1n) is 7.10. The van der Waals surface area contributed by atoms with E-state index < -0.39 is 35.1 Å². The number of hydrogen-bond acceptors (Lipinski definition) is 2. The van der Waals surface area contributed by atoms with Crippen LogP contribution in [0.5, 0.6) is 0 Å². The first-order chi connectivity index (χ1) is 7.52. The van der Waals surface area contributed by atoms with Gasteiger partial charge in [-0.05, 0) is 0 Å². The molecule has 0 amide bonds. The van der Waals surface area contributed by atoms with Crippen molar-refractivity contribution < 1.29 is 0 Å². The van der Waals surface area contributed by atoms with Crippen molar-refractivity contribution >= 4 is 35.1 Å². The van der Waals surface area contributed by atoms with Crippen LogP contribution in [0.1, 0.15) is 20.8 Å². The summed E-state index contributed by atoms with van der Waals surface area (Å²) in [5.74, 6) is 0. The molecular formula is C12H34N2Si2Sn. The molecule has 5 heteroatoms. The summed E-state index contributed by atoms with van der Waals surface area (Å²) in [5.41, 5.74) is 0. The molecule has 0 rings (SSSR count). The van der Waals surface area contributed by atoms with E-state index in [0.29, 0.717) is 0 Å². The fourth-order valence-electron chi connectivity index (χ4n) is 2.56. The van der Waals surface area contributed by atoms with Gasteiger partial charge in [-0.2, -0.15) is 0 Å². The molecule has 0 saturated carbocycles. The van der Waals surface area contributed by atoms with E-state index in [2.05, 4.69) is 68.0 Å². The topological polar surface area (TPSA) is 15.3 Å². The molecule has 104 valence electrons. The Morgan fingerprint density at radius 3 is 1.35 bits per heavy atom. The minimum atomic E-state index is -2.11. The van der Waals surface area contributed by atoms with E-state index in [1.165, 1.54) is 13.3 Å². The van der Waals surface area contributed by atoms with Crippen LogP contribution < -0.4 is 5.09 Å².